The fraction of sp³-hybridized carbons (Fsp3) is 0.294. The van der Waals surface area contributed by atoms with Gasteiger partial charge < -0.3 is 10.5 Å². The molecule has 0 bridgehead atoms. The molecule has 2 heteroatoms. The van der Waals surface area contributed by atoms with E-state index in [0.29, 0.717) is 0 Å². The SMILES string of the molecule is NC1(c2cccc3c2OCC3)CCc2ccccc21. The molecule has 1 aliphatic carbocycles. The van der Waals surface area contributed by atoms with E-state index in [0.717, 1.165) is 37.2 Å². The summed E-state index contributed by atoms with van der Waals surface area (Å²) in [5, 5.41) is 0. The van der Waals surface area contributed by atoms with Crippen LogP contribution in [0.15, 0.2) is 42.5 Å². The second kappa shape index (κ2) is 3.84. The molecule has 1 heterocycles. The lowest BCUT2D eigenvalue weighted by molar-refractivity contribution is 0.345. The van der Waals surface area contributed by atoms with Crippen LogP contribution in [0.4, 0.5) is 0 Å². The van der Waals surface area contributed by atoms with Crippen LogP contribution in [0, 0.1) is 0 Å². The molecule has 0 fully saturated rings. The first-order valence-electron chi connectivity index (χ1n) is 6.91. The van der Waals surface area contributed by atoms with Gasteiger partial charge in [0.1, 0.15) is 5.75 Å². The lowest BCUT2D eigenvalue weighted by Gasteiger charge is -2.28. The van der Waals surface area contributed by atoms with Gasteiger partial charge in [-0.15, -0.1) is 0 Å². The average Bonchev–Trinajstić information content (AvgIpc) is 3.05. The Hall–Kier alpha value is -1.80. The third kappa shape index (κ3) is 1.47. The van der Waals surface area contributed by atoms with Crippen molar-refractivity contribution in [2.75, 3.05) is 6.61 Å². The zero-order valence-corrected chi connectivity index (χ0v) is 10.9. The number of ether oxygens (including phenoxy) is 1. The van der Waals surface area contributed by atoms with Crippen molar-refractivity contribution >= 4 is 0 Å². The molecule has 19 heavy (non-hydrogen) atoms. The van der Waals surface area contributed by atoms with Gasteiger partial charge in [-0.2, -0.15) is 0 Å². The maximum atomic E-state index is 6.79. The Morgan fingerprint density at radius 1 is 0.895 bits per heavy atom. The van der Waals surface area contributed by atoms with Gasteiger partial charge in [-0.25, -0.2) is 0 Å². The highest BCUT2D eigenvalue weighted by atomic mass is 16.5. The maximum Gasteiger partial charge on any atom is 0.128 e. The van der Waals surface area contributed by atoms with Gasteiger partial charge in [0, 0.05) is 12.0 Å². The monoisotopic (exact) mass is 251 g/mol. The van der Waals surface area contributed by atoms with E-state index in [9.17, 15) is 0 Å². The Kier molecular flexibility index (Phi) is 2.24. The highest BCUT2D eigenvalue weighted by Gasteiger charge is 2.39. The number of para-hydroxylation sites is 1. The van der Waals surface area contributed by atoms with E-state index in [1.807, 2.05) is 0 Å². The summed E-state index contributed by atoms with van der Waals surface area (Å²) in [6.45, 7) is 0.782. The summed E-state index contributed by atoms with van der Waals surface area (Å²) >= 11 is 0. The Balaban J connectivity index is 1.92. The molecule has 1 atom stereocenters. The van der Waals surface area contributed by atoms with Crippen molar-refractivity contribution in [3.05, 3.63) is 64.7 Å². The number of fused-ring (bicyclic) bond motifs is 2. The molecule has 0 aromatic heterocycles. The molecule has 2 N–H and O–H groups in total. The van der Waals surface area contributed by atoms with E-state index in [1.54, 1.807) is 0 Å². The zero-order chi connectivity index (χ0) is 12.9. The number of benzene rings is 2. The molecular weight excluding hydrogens is 234 g/mol. The summed E-state index contributed by atoms with van der Waals surface area (Å²) in [6, 6.07) is 14.9. The van der Waals surface area contributed by atoms with Gasteiger partial charge in [0.05, 0.1) is 12.1 Å². The molecular formula is C17H17NO. The Bertz CT molecular complexity index is 649. The number of hydrogen-bond acceptors (Lipinski definition) is 2. The van der Waals surface area contributed by atoms with E-state index in [1.165, 1.54) is 16.7 Å². The van der Waals surface area contributed by atoms with Gasteiger partial charge in [0.25, 0.3) is 0 Å². The lowest BCUT2D eigenvalue weighted by Crippen LogP contribution is -2.35. The van der Waals surface area contributed by atoms with Crippen LogP contribution >= 0.6 is 0 Å². The molecule has 0 spiro atoms. The molecule has 1 unspecified atom stereocenters. The fourth-order valence-electron chi connectivity index (χ4n) is 3.49. The topological polar surface area (TPSA) is 35.2 Å². The summed E-state index contributed by atoms with van der Waals surface area (Å²) in [5.74, 6) is 1.03. The predicted octanol–water partition coefficient (Wildman–Crippen LogP) is 2.77. The van der Waals surface area contributed by atoms with Crippen LogP contribution in [0.5, 0.6) is 5.75 Å². The minimum Gasteiger partial charge on any atom is -0.493 e. The summed E-state index contributed by atoms with van der Waals surface area (Å²) in [5.41, 5.74) is 11.5. The minimum absolute atomic E-state index is 0.383. The first kappa shape index (κ1) is 11.1. The lowest BCUT2D eigenvalue weighted by atomic mass is 9.84. The van der Waals surface area contributed by atoms with E-state index in [2.05, 4.69) is 42.5 Å². The summed E-state index contributed by atoms with van der Waals surface area (Å²) in [6.07, 6.45) is 3.02. The molecule has 96 valence electrons. The molecule has 2 aromatic rings. The van der Waals surface area contributed by atoms with Crippen LogP contribution in [0.3, 0.4) is 0 Å². The maximum absolute atomic E-state index is 6.79. The fourth-order valence-corrected chi connectivity index (χ4v) is 3.49. The van der Waals surface area contributed by atoms with E-state index in [4.69, 9.17) is 10.5 Å². The molecule has 0 amide bonds. The predicted molar refractivity (Wildman–Crippen MR) is 75.4 cm³/mol. The van der Waals surface area contributed by atoms with Crippen molar-refractivity contribution in [1.29, 1.82) is 0 Å². The van der Waals surface area contributed by atoms with Gasteiger partial charge in [0.15, 0.2) is 0 Å². The first-order chi connectivity index (χ1) is 9.29. The van der Waals surface area contributed by atoms with Gasteiger partial charge in [-0.1, -0.05) is 42.5 Å². The van der Waals surface area contributed by atoms with Crippen LogP contribution in [-0.4, -0.2) is 6.61 Å². The van der Waals surface area contributed by atoms with Crippen molar-refractivity contribution in [2.45, 2.75) is 24.8 Å². The first-order valence-corrected chi connectivity index (χ1v) is 6.91. The summed E-state index contributed by atoms with van der Waals surface area (Å²) < 4.78 is 5.84. The standard InChI is InChI=1S/C17H17NO/c18-17(10-8-12-4-1-2-6-14(12)17)15-7-3-5-13-9-11-19-16(13)15/h1-7H,8-11,18H2. The van der Waals surface area contributed by atoms with E-state index in [-0.39, 0.29) is 5.54 Å². The van der Waals surface area contributed by atoms with Crippen LogP contribution in [0.25, 0.3) is 0 Å². The second-order valence-corrected chi connectivity index (χ2v) is 5.52. The van der Waals surface area contributed by atoms with Crippen molar-refractivity contribution < 1.29 is 4.74 Å². The molecule has 2 aromatic carbocycles. The molecule has 2 nitrogen and oxygen atoms in total. The average molecular weight is 251 g/mol. The van der Waals surface area contributed by atoms with Gasteiger partial charge in [-0.3, -0.25) is 0 Å². The van der Waals surface area contributed by atoms with E-state index < -0.39 is 0 Å². The van der Waals surface area contributed by atoms with Crippen molar-refractivity contribution in [3.8, 4) is 5.75 Å². The van der Waals surface area contributed by atoms with Gasteiger partial charge in [-0.05, 0) is 29.5 Å². The van der Waals surface area contributed by atoms with Crippen LogP contribution in [0.1, 0.15) is 28.7 Å². The molecule has 1 aliphatic heterocycles. The quantitative estimate of drug-likeness (QED) is 0.846. The number of rotatable bonds is 1. The van der Waals surface area contributed by atoms with E-state index >= 15 is 0 Å². The Morgan fingerprint density at radius 2 is 1.68 bits per heavy atom. The second-order valence-electron chi connectivity index (χ2n) is 5.52. The van der Waals surface area contributed by atoms with Gasteiger partial charge in [0.2, 0.25) is 0 Å². The van der Waals surface area contributed by atoms with Crippen LogP contribution in [0.2, 0.25) is 0 Å². The van der Waals surface area contributed by atoms with Gasteiger partial charge >= 0.3 is 0 Å². The number of aryl methyl sites for hydroxylation is 1. The van der Waals surface area contributed by atoms with Crippen LogP contribution < -0.4 is 10.5 Å². The summed E-state index contributed by atoms with van der Waals surface area (Å²) in [4.78, 5) is 0. The molecule has 0 saturated heterocycles. The van der Waals surface area contributed by atoms with Crippen LogP contribution in [-0.2, 0) is 18.4 Å². The largest absolute Gasteiger partial charge is 0.493 e. The highest BCUT2D eigenvalue weighted by Crippen LogP contribution is 2.45. The minimum atomic E-state index is -0.383. The Morgan fingerprint density at radius 3 is 2.63 bits per heavy atom. The normalized spacial score (nSPS) is 23.8. The van der Waals surface area contributed by atoms with Crippen molar-refractivity contribution in [3.63, 3.8) is 0 Å². The van der Waals surface area contributed by atoms with Crippen molar-refractivity contribution in [1.82, 2.24) is 0 Å². The molecule has 0 saturated carbocycles. The highest BCUT2D eigenvalue weighted by molar-refractivity contribution is 5.55. The van der Waals surface area contributed by atoms with Crippen molar-refractivity contribution in [2.24, 2.45) is 5.73 Å². The third-order valence-electron chi connectivity index (χ3n) is 4.48. The smallest absolute Gasteiger partial charge is 0.128 e. The molecule has 0 radical (unpaired) electrons. The zero-order valence-electron chi connectivity index (χ0n) is 10.9. The number of nitrogens with two attached hydrogens (primary N) is 1. The molecule has 2 aliphatic rings. The Labute approximate surface area is 113 Å². The summed E-state index contributed by atoms with van der Waals surface area (Å²) in [7, 11) is 0. The third-order valence-corrected chi connectivity index (χ3v) is 4.48. The molecule has 4 rings (SSSR count). The number of hydrogen-bond donors (Lipinski definition) is 1.